The zero-order valence-electron chi connectivity index (χ0n) is 49.5. The molecule has 424 valence electrons. The zero-order chi connectivity index (χ0) is 60.4. The van der Waals surface area contributed by atoms with Gasteiger partial charge in [-0.2, -0.15) is 0 Å². The van der Waals surface area contributed by atoms with Gasteiger partial charge in [0.1, 0.15) is 0 Å². The van der Waals surface area contributed by atoms with Gasteiger partial charge >= 0.3 is 0 Å². The number of nitrogens with zero attached hydrogens (tertiary/aromatic N) is 5. The van der Waals surface area contributed by atoms with Crippen LogP contribution in [-0.2, 0) is 0 Å². The van der Waals surface area contributed by atoms with Crippen LogP contribution in [0.25, 0.3) is 88.6 Å². The van der Waals surface area contributed by atoms with Crippen molar-refractivity contribution in [2.75, 3.05) is 0 Å². The number of rotatable bonds is 12. The molecule has 0 unspecified atom stereocenters. The average molecular weight is 1270 g/mol. The van der Waals surface area contributed by atoms with Gasteiger partial charge in [-0.3, -0.25) is 0 Å². The number of aromatic nitrogens is 3. The second-order valence-electron chi connectivity index (χ2n) is 19.5. The summed E-state index contributed by atoms with van der Waals surface area (Å²) in [5.41, 5.74) is 17.7. The van der Waals surface area contributed by atoms with Gasteiger partial charge in [-0.25, -0.2) is 24.9 Å². The van der Waals surface area contributed by atoms with Crippen molar-refractivity contribution in [1.29, 1.82) is 0 Å². The first kappa shape index (κ1) is 61.5. The van der Waals surface area contributed by atoms with Gasteiger partial charge in [-0.05, 0) is 124 Å². The highest BCUT2D eigenvalue weighted by atomic mass is 79.9. The van der Waals surface area contributed by atoms with Crippen molar-refractivity contribution in [3.05, 3.63) is 315 Å². The number of allylic oxidation sites excluding steroid dienone is 1. The summed E-state index contributed by atoms with van der Waals surface area (Å²) >= 11 is 9.34. The van der Waals surface area contributed by atoms with E-state index in [1.54, 1.807) is 11.3 Å². The van der Waals surface area contributed by atoms with Gasteiger partial charge in [0.25, 0.3) is 0 Å². The van der Waals surface area contributed by atoms with E-state index in [0.717, 1.165) is 81.4 Å². The van der Waals surface area contributed by atoms with Crippen molar-refractivity contribution >= 4 is 76.1 Å². The van der Waals surface area contributed by atoms with Gasteiger partial charge < -0.3 is 0 Å². The molecular weight excluding hydrogens is 1200 g/mol. The molecule has 2 heterocycles. The standard InChI is InChI=1S/C41H31BrN2.C33H24BrN3S.2C2H6/c1-29(31-15-7-3-8-16-31)43-41(34-21-13-6-14-22-34)44-30(2)35-24-26-40(42)39(27-35)37-25-23-36(32-17-9-4-10-18-32)28-38(37)33-19-11-5-12-20-33;1-3-27(30-21(2)28-16-10-11-17-29(28)38-30)33-36-31(23-14-8-5-9-15-23)35-32(37-33)25-18-24(19-26(34)20-25)22-12-6-4-7-13-22;2*1-2/h3-28H,2H2,1H3;3-20H,1-2H3;2*1-2H3/b;27-3+;;. The number of halogens is 2. The van der Waals surface area contributed by atoms with Crippen molar-refractivity contribution < 1.29 is 0 Å². The topological polar surface area (TPSA) is 63.4 Å². The molecule has 8 heteroatoms. The predicted octanol–water partition coefficient (Wildman–Crippen LogP) is 23.0. The molecule has 0 radical (unpaired) electrons. The molecule has 10 aromatic carbocycles. The Morgan fingerprint density at radius 3 is 1.55 bits per heavy atom. The fourth-order valence-electron chi connectivity index (χ4n) is 9.84. The highest BCUT2D eigenvalue weighted by Crippen LogP contribution is 2.41. The fraction of sp³-hybridized carbons (Fsp3) is 0.0897. The molecule has 12 aromatic rings. The molecule has 0 N–H and O–H groups in total. The van der Waals surface area contributed by atoms with Gasteiger partial charge in [-0.1, -0.05) is 291 Å². The molecule has 5 nitrogen and oxygen atoms in total. The van der Waals surface area contributed by atoms with Gasteiger partial charge in [0.15, 0.2) is 23.3 Å². The summed E-state index contributed by atoms with van der Waals surface area (Å²) in [6, 6.07) is 89.6. The summed E-state index contributed by atoms with van der Waals surface area (Å²) in [5.74, 6) is 2.60. The van der Waals surface area contributed by atoms with Crippen LogP contribution in [0.3, 0.4) is 0 Å². The molecule has 0 amide bonds. The minimum absolute atomic E-state index is 0.624. The number of thiophene rings is 1. The predicted molar refractivity (Wildman–Crippen MR) is 377 cm³/mol. The third-order valence-electron chi connectivity index (χ3n) is 14.1. The molecule has 0 aliphatic rings. The molecule has 2 aromatic heterocycles. The zero-order valence-corrected chi connectivity index (χ0v) is 53.5. The number of hydrogen-bond acceptors (Lipinski definition) is 5. The van der Waals surface area contributed by atoms with Gasteiger partial charge in [0.05, 0.1) is 5.70 Å². The smallest absolute Gasteiger partial charge is 0.165 e. The molecule has 12 rings (SSSR count). The van der Waals surface area contributed by atoms with E-state index in [-0.39, 0.29) is 0 Å². The average Bonchev–Trinajstić information content (AvgIpc) is 2.28. The minimum atomic E-state index is 0.624. The Kier molecular flexibility index (Phi) is 21.6. The number of hydrogen-bond donors (Lipinski definition) is 0. The van der Waals surface area contributed by atoms with E-state index < -0.39 is 0 Å². The molecular formula is C78H67Br2N5S. The molecule has 0 aliphatic carbocycles. The Hall–Kier alpha value is -9.05. The lowest BCUT2D eigenvalue weighted by molar-refractivity contribution is 1.03. The third-order valence-corrected chi connectivity index (χ3v) is 16.5. The van der Waals surface area contributed by atoms with Gasteiger partial charge in [0, 0.05) is 52.1 Å². The number of aryl methyl sites for hydroxylation is 1. The highest BCUT2D eigenvalue weighted by Gasteiger charge is 2.20. The van der Waals surface area contributed by atoms with Gasteiger partial charge in [0.2, 0.25) is 0 Å². The van der Waals surface area contributed by atoms with Crippen LogP contribution >= 0.6 is 43.2 Å². The third kappa shape index (κ3) is 14.9. The van der Waals surface area contributed by atoms with E-state index >= 15 is 0 Å². The van der Waals surface area contributed by atoms with Crippen LogP contribution in [0.4, 0.5) is 0 Å². The van der Waals surface area contributed by atoms with Crippen LogP contribution in [0.15, 0.2) is 292 Å². The van der Waals surface area contributed by atoms with Crippen LogP contribution in [0.2, 0.25) is 0 Å². The summed E-state index contributed by atoms with van der Waals surface area (Å²) in [6.45, 7) is 18.6. The normalized spacial score (nSPS) is 11.3. The molecule has 0 bridgehead atoms. The SMILES string of the molecule is C/C=C(/c1nc(-c2ccccc2)nc(-c2cc(Br)cc(-c3ccccc3)c2)n1)c1sc2ccccc2c1C.C=C(N=C(N=C(C)c1ccccc1)c1ccccc1)c1ccc(Br)c(-c2ccc(-c3ccccc3)cc2-c2ccccc2)c1.CC.CC. The van der Waals surface area contributed by atoms with Gasteiger partial charge in [-0.15, -0.1) is 11.3 Å². The Morgan fingerprint density at radius 1 is 0.442 bits per heavy atom. The lowest BCUT2D eigenvalue weighted by Gasteiger charge is -2.16. The largest absolute Gasteiger partial charge is 0.233 e. The van der Waals surface area contributed by atoms with E-state index in [4.69, 9.17) is 24.9 Å². The van der Waals surface area contributed by atoms with Crippen molar-refractivity contribution in [2.24, 2.45) is 9.98 Å². The van der Waals surface area contributed by atoms with E-state index in [9.17, 15) is 0 Å². The summed E-state index contributed by atoms with van der Waals surface area (Å²) in [6.07, 6.45) is 2.11. The maximum atomic E-state index is 5.06. The monoisotopic (exact) mass is 1260 g/mol. The van der Waals surface area contributed by atoms with E-state index in [1.807, 2.05) is 126 Å². The van der Waals surface area contributed by atoms with E-state index in [1.165, 1.54) is 31.7 Å². The Labute approximate surface area is 528 Å². The summed E-state index contributed by atoms with van der Waals surface area (Å²) in [7, 11) is 0. The number of fused-ring (bicyclic) bond motifs is 1. The number of amidine groups is 1. The van der Waals surface area contributed by atoms with Crippen molar-refractivity contribution in [2.45, 2.75) is 48.5 Å². The quantitative estimate of drug-likeness (QED) is 0.0904. The first-order valence-electron chi connectivity index (χ1n) is 29.0. The molecule has 0 atom stereocenters. The lowest BCUT2D eigenvalue weighted by atomic mass is 9.90. The summed E-state index contributed by atoms with van der Waals surface area (Å²) in [5, 5.41) is 1.27. The number of aliphatic imine (C=N–C) groups is 2. The maximum Gasteiger partial charge on any atom is 0.165 e. The second kappa shape index (κ2) is 30.2. The minimum Gasteiger partial charge on any atom is -0.233 e. The molecule has 86 heavy (non-hydrogen) atoms. The van der Waals surface area contributed by atoms with E-state index in [0.29, 0.717) is 29.0 Å². The Morgan fingerprint density at radius 2 is 0.953 bits per heavy atom. The van der Waals surface area contributed by atoms with E-state index in [2.05, 4.69) is 228 Å². The maximum absolute atomic E-state index is 5.06. The van der Waals surface area contributed by atoms with Crippen LogP contribution in [-0.4, -0.2) is 26.5 Å². The lowest BCUT2D eigenvalue weighted by Crippen LogP contribution is -2.04. The van der Waals surface area contributed by atoms with Crippen LogP contribution < -0.4 is 0 Å². The Balaban J connectivity index is 0.000000196. The number of benzene rings is 10. The van der Waals surface area contributed by atoms with Crippen molar-refractivity contribution in [3.63, 3.8) is 0 Å². The molecule has 0 saturated carbocycles. The van der Waals surface area contributed by atoms with Crippen LogP contribution in [0.5, 0.6) is 0 Å². The van der Waals surface area contributed by atoms with Crippen molar-refractivity contribution in [1.82, 2.24) is 15.0 Å². The highest BCUT2D eigenvalue weighted by molar-refractivity contribution is 9.10. The van der Waals surface area contributed by atoms with Crippen LogP contribution in [0.1, 0.15) is 74.5 Å². The molecule has 0 aliphatic heterocycles. The summed E-state index contributed by atoms with van der Waals surface area (Å²) < 4.78 is 3.24. The Bertz CT molecular complexity index is 4310. The molecule has 0 saturated heterocycles. The second-order valence-corrected chi connectivity index (χ2v) is 22.3. The fourth-order valence-corrected chi connectivity index (χ4v) is 12.1. The first-order valence-corrected chi connectivity index (χ1v) is 31.4. The molecule has 0 spiro atoms. The molecule has 0 fully saturated rings. The van der Waals surface area contributed by atoms with Crippen LogP contribution in [0, 0.1) is 6.92 Å². The first-order chi connectivity index (χ1) is 42.2. The summed E-state index contributed by atoms with van der Waals surface area (Å²) in [4.78, 5) is 26.2. The van der Waals surface area contributed by atoms with Crippen molar-refractivity contribution in [3.8, 4) is 67.3 Å².